The molecule has 0 radical (unpaired) electrons. The molecule has 8 heteroatoms. The summed E-state index contributed by atoms with van der Waals surface area (Å²) in [4.78, 5) is 36.0. The Labute approximate surface area is 171 Å². The van der Waals surface area contributed by atoms with Gasteiger partial charge in [0.2, 0.25) is 17.7 Å². The van der Waals surface area contributed by atoms with Gasteiger partial charge in [0.1, 0.15) is 0 Å². The van der Waals surface area contributed by atoms with E-state index in [2.05, 4.69) is 21.5 Å². The molecule has 0 saturated heterocycles. The molecule has 0 bridgehead atoms. The summed E-state index contributed by atoms with van der Waals surface area (Å²) >= 11 is 5.03. The van der Waals surface area contributed by atoms with Crippen molar-refractivity contribution < 1.29 is 14.4 Å². The summed E-state index contributed by atoms with van der Waals surface area (Å²) in [7, 11) is 0. The number of carbonyl (C=O) groups is 3. The monoisotopic (exact) mass is 404 g/mol. The molecule has 7 nitrogen and oxygen atoms in total. The zero-order valence-electron chi connectivity index (χ0n) is 16.4. The number of thiocarbonyl (C=S) groups is 1. The van der Waals surface area contributed by atoms with Gasteiger partial charge >= 0.3 is 0 Å². The molecule has 0 atom stereocenters. The highest BCUT2D eigenvalue weighted by atomic mass is 32.1. The van der Waals surface area contributed by atoms with E-state index in [1.165, 1.54) is 6.42 Å². The SMILES string of the molecule is Cc1ccc(C)c(NC(=O)CCC(=O)NNC(=S)NC(=O)C2CCCCC2)c1. The number of carbonyl (C=O) groups excluding carboxylic acids is 3. The topological polar surface area (TPSA) is 99.3 Å². The molecule has 1 aliphatic rings. The molecular weight excluding hydrogens is 376 g/mol. The fourth-order valence-corrected chi connectivity index (χ4v) is 3.26. The molecule has 1 aromatic rings. The molecule has 1 aromatic carbocycles. The number of aryl methyl sites for hydroxylation is 2. The van der Waals surface area contributed by atoms with Crippen molar-refractivity contribution in [3.8, 4) is 0 Å². The predicted octanol–water partition coefficient (Wildman–Crippen LogP) is 2.62. The van der Waals surface area contributed by atoms with Crippen LogP contribution in [0.3, 0.4) is 0 Å². The molecular formula is C20H28N4O3S. The molecule has 0 spiro atoms. The van der Waals surface area contributed by atoms with Gasteiger partial charge in [0.25, 0.3) is 0 Å². The van der Waals surface area contributed by atoms with Crippen LogP contribution in [-0.2, 0) is 14.4 Å². The highest BCUT2D eigenvalue weighted by Gasteiger charge is 2.21. The number of nitrogens with one attached hydrogen (secondary N) is 4. The van der Waals surface area contributed by atoms with Gasteiger partial charge in [-0.3, -0.25) is 25.2 Å². The van der Waals surface area contributed by atoms with Gasteiger partial charge in [-0.15, -0.1) is 0 Å². The lowest BCUT2D eigenvalue weighted by Gasteiger charge is -2.21. The molecule has 1 fully saturated rings. The third kappa shape index (κ3) is 7.26. The van der Waals surface area contributed by atoms with Gasteiger partial charge in [-0.1, -0.05) is 31.4 Å². The van der Waals surface area contributed by atoms with Crippen LogP contribution in [0, 0.1) is 19.8 Å². The Bertz CT molecular complexity index is 745. The number of amides is 3. The van der Waals surface area contributed by atoms with E-state index in [1.54, 1.807) is 0 Å². The summed E-state index contributed by atoms with van der Waals surface area (Å²) in [5.74, 6) is -0.750. The summed E-state index contributed by atoms with van der Waals surface area (Å²) in [6.07, 6.45) is 5.06. The number of hydrazine groups is 1. The van der Waals surface area contributed by atoms with Gasteiger partial charge in [0.05, 0.1) is 0 Å². The van der Waals surface area contributed by atoms with E-state index in [-0.39, 0.29) is 41.6 Å². The molecule has 4 N–H and O–H groups in total. The summed E-state index contributed by atoms with van der Waals surface area (Å²) in [5.41, 5.74) is 7.67. The first kappa shape index (κ1) is 21.8. The molecule has 0 unspecified atom stereocenters. The molecule has 2 rings (SSSR count). The van der Waals surface area contributed by atoms with E-state index in [0.717, 1.165) is 42.5 Å². The number of benzene rings is 1. The standard InChI is InChI=1S/C20H28N4O3S/c1-13-8-9-14(2)16(12-13)21-17(25)10-11-18(26)23-24-20(28)22-19(27)15-6-4-3-5-7-15/h8-9,12,15H,3-7,10-11H2,1-2H3,(H,21,25)(H,23,26)(H2,22,24,27,28). The van der Waals surface area contributed by atoms with Crippen LogP contribution >= 0.6 is 12.2 Å². The van der Waals surface area contributed by atoms with Crippen molar-refractivity contribution in [3.05, 3.63) is 29.3 Å². The third-order valence-corrected chi connectivity index (χ3v) is 4.98. The number of rotatable bonds is 5. The average Bonchev–Trinajstić information content (AvgIpc) is 2.68. The van der Waals surface area contributed by atoms with Crippen molar-refractivity contribution in [2.75, 3.05) is 5.32 Å². The third-order valence-electron chi connectivity index (χ3n) is 4.77. The molecule has 0 aromatic heterocycles. The highest BCUT2D eigenvalue weighted by Crippen LogP contribution is 2.23. The lowest BCUT2D eigenvalue weighted by molar-refractivity contribution is -0.125. The lowest BCUT2D eigenvalue weighted by Crippen LogP contribution is -2.49. The maximum Gasteiger partial charge on any atom is 0.238 e. The number of anilines is 1. The highest BCUT2D eigenvalue weighted by molar-refractivity contribution is 7.80. The van der Waals surface area contributed by atoms with Crippen LogP contribution in [0.2, 0.25) is 0 Å². The maximum atomic E-state index is 12.1. The first-order chi connectivity index (χ1) is 13.3. The Morgan fingerprint density at radius 2 is 1.68 bits per heavy atom. The van der Waals surface area contributed by atoms with Crippen LogP contribution in [0.1, 0.15) is 56.1 Å². The average molecular weight is 405 g/mol. The van der Waals surface area contributed by atoms with Crippen LogP contribution in [0.4, 0.5) is 5.69 Å². The zero-order chi connectivity index (χ0) is 20.5. The van der Waals surface area contributed by atoms with Gasteiger partial charge < -0.3 is 10.6 Å². The molecule has 152 valence electrons. The van der Waals surface area contributed by atoms with E-state index in [1.807, 2.05) is 32.0 Å². The van der Waals surface area contributed by atoms with Gasteiger partial charge in [0, 0.05) is 24.4 Å². The van der Waals surface area contributed by atoms with E-state index in [9.17, 15) is 14.4 Å². The van der Waals surface area contributed by atoms with Crippen molar-refractivity contribution in [3.63, 3.8) is 0 Å². The van der Waals surface area contributed by atoms with E-state index in [0.29, 0.717) is 0 Å². The number of hydrogen-bond donors (Lipinski definition) is 4. The second-order valence-electron chi connectivity index (χ2n) is 7.19. The fourth-order valence-electron chi connectivity index (χ4n) is 3.11. The maximum absolute atomic E-state index is 12.1. The minimum Gasteiger partial charge on any atom is -0.326 e. The molecule has 0 aliphatic heterocycles. The van der Waals surface area contributed by atoms with Crippen molar-refractivity contribution in [2.45, 2.75) is 58.8 Å². The van der Waals surface area contributed by atoms with Crippen LogP contribution in [0.25, 0.3) is 0 Å². The Morgan fingerprint density at radius 3 is 2.39 bits per heavy atom. The van der Waals surface area contributed by atoms with E-state index in [4.69, 9.17) is 12.2 Å². The first-order valence-corrected chi connectivity index (χ1v) is 10.0. The number of hydrogen-bond acceptors (Lipinski definition) is 4. The predicted molar refractivity (Wildman–Crippen MR) is 112 cm³/mol. The summed E-state index contributed by atoms with van der Waals surface area (Å²) in [6, 6.07) is 5.80. The molecule has 28 heavy (non-hydrogen) atoms. The van der Waals surface area contributed by atoms with Crippen molar-refractivity contribution in [2.24, 2.45) is 5.92 Å². The van der Waals surface area contributed by atoms with Gasteiger partial charge in [-0.2, -0.15) is 0 Å². The second kappa shape index (κ2) is 10.8. The van der Waals surface area contributed by atoms with Crippen LogP contribution in [0.15, 0.2) is 18.2 Å². The van der Waals surface area contributed by atoms with Crippen molar-refractivity contribution in [1.82, 2.24) is 16.2 Å². The Kier molecular flexibility index (Phi) is 8.38. The fraction of sp³-hybridized carbons (Fsp3) is 0.500. The minimum atomic E-state index is -0.384. The Hall–Kier alpha value is -2.48. The van der Waals surface area contributed by atoms with E-state index >= 15 is 0 Å². The molecule has 0 heterocycles. The smallest absolute Gasteiger partial charge is 0.238 e. The van der Waals surface area contributed by atoms with Gasteiger partial charge in [0.15, 0.2) is 5.11 Å². The quantitative estimate of drug-likeness (QED) is 0.447. The van der Waals surface area contributed by atoms with E-state index < -0.39 is 0 Å². The summed E-state index contributed by atoms with van der Waals surface area (Å²) in [5, 5.41) is 5.47. The van der Waals surface area contributed by atoms with Gasteiger partial charge in [-0.25, -0.2) is 0 Å². The largest absolute Gasteiger partial charge is 0.326 e. The summed E-state index contributed by atoms with van der Waals surface area (Å²) < 4.78 is 0. The van der Waals surface area contributed by atoms with Crippen molar-refractivity contribution in [1.29, 1.82) is 0 Å². The molecule has 1 aliphatic carbocycles. The van der Waals surface area contributed by atoms with Crippen LogP contribution in [-0.4, -0.2) is 22.8 Å². The molecule has 3 amide bonds. The molecule has 1 saturated carbocycles. The van der Waals surface area contributed by atoms with Crippen LogP contribution < -0.4 is 21.5 Å². The first-order valence-electron chi connectivity index (χ1n) is 9.62. The Balaban J connectivity index is 1.66. The zero-order valence-corrected chi connectivity index (χ0v) is 17.2. The normalized spacial score (nSPS) is 14.1. The van der Waals surface area contributed by atoms with Crippen LogP contribution in [0.5, 0.6) is 0 Å². The summed E-state index contributed by atoms with van der Waals surface area (Å²) in [6.45, 7) is 3.86. The second-order valence-corrected chi connectivity index (χ2v) is 7.60. The van der Waals surface area contributed by atoms with Gasteiger partial charge in [-0.05, 0) is 56.1 Å². The van der Waals surface area contributed by atoms with Crippen molar-refractivity contribution >= 4 is 40.7 Å². The lowest BCUT2D eigenvalue weighted by atomic mass is 9.89. The minimum absolute atomic E-state index is 0.00286. The Morgan fingerprint density at radius 1 is 1.00 bits per heavy atom.